The van der Waals surface area contributed by atoms with Gasteiger partial charge in [0.1, 0.15) is 5.75 Å². The van der Waals surface area contributed by atoms with E-state index in [4.69, 9.17) is 10.5 Å². The summed E-state index contributed by atoms with van der Waals surface area (Å²) >= 11 is 0. The Morgan fingerprint density at radius 3 is 2.54 bits per heavy atom. The van der Waals surface area contributed by atoms with Gasteiger partial charge in [-0.25, -0.2) is 0 Å². The number of nitrogens with one attached hydrogen (secondary N) is 1. The van der Waals surface area contributed by atoms with Crippen molar-refractivity contribution >= 4 is 17.5 Å². The summed E-state index contributed by atoms with van der Waals surface area (Å²) in [6, 6.07) is 16.0. The van der Waals surface area contributed by atoms with E-state index in [1.807, 2.05) is 37.3 Å². The fourth-order valence-corrected chi connectivity index (χ4v) is 2.61. The van der Waals surface area contributed by atoms with Gasteiger partial charge in [0.2, 0.25) is 11.8 Å². The van der Waals surface area contributed by atoms with Crippen molar-refractivity contribution in [3.8, 4) is 5.75 Å². The van der Waals surface area contributed by atoms with Crippen LogP contribution < -0.4 is 15.8 Å². The van der Waals surface area contributed by atoms with Crippen molar-refractivity contribution < 1.29 is 14.3 Å². The van der Waals surface area contributed by atoms with Crippen LogP contribution in [0.15, 0.2) is 54.6 Å². The number of nitrogens with zero attached hydrogens (tertiary/aromatic N) is 1. The molecule has 2 aromatic rings. The predicted molar refractivity (Wildman–Crippen MR) is 102 cm³/mol. The topological polar surface area (TPSA) is 84.7 Å². The van der Waals surface area contributed by atoms with Crippen molar-refractivity contribution in [3.63, 3.8) is 0 Å². The number of carbonyl (C=O) groups is 2. The molecule has 2 amide bonds. The van der Waals surface area contributed by atoms with Gasteiger partial charge in [-0.2, -0.15) is 0 Å². The van der Waals surface area contributed by atoms with Crippen molar-refractivity contribution in [1.82, 2.24) is 4.90 Å². The van der Waals surface area contributed by atoms with Gasteiger partial charge in [0.05, 0.1) is 19.7 Å². The summed E-state index contributed by atoms with van der Waals surface area (Å²) in [6.07, 6.45) is 0.438. The maximum atomic E-state index is 12.6. The van der Waals surface area contributed by atoms with E-state index < -0.39 is 6.04 Å². The highest BCUT2D eigenvalue weighted by Crippen LogP contribution is 2.16. The number of anilines is 1. The zero-order chi connectivity index (χ0) is 18.9. The first-order valence-electron chi connectivity index (χ1n) is 8.55. The van der Waals surface area contributed by atoms with Crippen LogP contribution in [-0.4, -0.2) is 43.0 Å². The fraction of sp³-hybridized carbons (Fsp3) is 0.300. The van der Waals surface area contributed by atoms with Crippen molar-refractivity contribution in [3.05, 3.63) is 60.2 Å². The number of benzene rings is 2. The van der Waals surface area contributed by atoms with Gasteiger partial charge in [0.25, 0.3) is 0 Å². The fourth-order valence-electron chi connectivity index (χ4n) is 2.61. The van der Waals surface area contributed by atoms with Gasteiger partial charge >= 0.3 is 0 Å². The van der Waals surface area contributed by atoms with E-state index in [9.17, 15) is 9.59 Å². The Morgan fingerprint density at radius 2 is 1.88 bits per heavy atom. The molecule has 0 heterocycles. The second-order valence-electron chi connectivity index (χ2n) is 5.93. The first-order valence-corrected chi connectivity index (χ1v) is 8.55. The summed E-state index contributed by atoms with van der Waals surface area (Å²) < 4.78 is 5.13. The first-order chi connectivity index (χ1) is 12.5. The van der Waals surface area contributed by atoms with E-state index in [-0.39, 0.29) is 18.4 Å². The number of likely N-dealkylation sites (N-methyl/N-ethyl adjacent to an activating group) is 1. The van der Waals surface area contributed by atoms with Crippen LogP contribution in [0.25, 0.3) is 0 Å². The van der Waals surface area contributed by atoms with Crippen molar-refractivity contribution in [2.24, 2.45) is 5.73 Å². The smallest absolute Gasteiger partial charge is 0.243 e. The minimum Gasteiger partial charge on any atom is -0.497 e. The molecule has 0 bridgehead atoms. The molecule has 0 aromatic heterocycles. The molecule has 0 radical (unpaired) electrons. The Bertz CT molecular complexity index is 734. The van der Waals surface area contributed by atoms with Crippen LogP contribution in [0.3, 0.4) is 0 Å². The van der Waals surface area contributed by atoms with Crippen LogP contribution in [0.5, 0.6) is 5.75 Å². The lowest BCUT2D eigenvalue weighted by atomic mass is 10.1. The predicted octanol–water partition coefficient (Wildman–Crippen LogP) is 2.05. The Morgan fingerprint density at radius 1 is 1.15 bits per heavy atom. The van der Waals surface area contributed by atoms with Crippen LogP contribution in [0, 0.1) is 0 Å². The molecule has 0 aliphatic rings. The third-order valence-corrected chi connectivity index (χ3v) is 4.00. The summed E-state index contributed by atoms with van der Waals surface area (Å²) in [5.41, 5.74) is 7.66. The molecule has 2 rings (SSSR count). The highest BCUT2D eigenvalue weighted by molar-refractivity contribution is 5.95. The minimum atomic E-state index is -0.679. The molecule has 0 aliphatic heterocycles. The third-order valence-electron chi connectivity index (χ3n) is 4.00. The molecule has 6 heteroatoms. The maximum absolute atomic E-state index is 12.6. The van der Waals surface area contributed by atoms with Crippen LogP contribution in [-0.2, 0) is 16.0 Å². The molecule has 0 fully saturated rings. The van der Waals surface area contributed by atoms with E-state index in [2.05, 4.69) is 5.32 Å². The third kappa shape index (κ3) is 5.60. The van der Waals surface area contributed by atoms with E-state index in [0.29, 0.717) is 24.4 Å². The number of methoxy groups -OCH3 is 1. The van der Waals surface area contributed by atoms with Gasteiger partial charge in [-0.3, -0.25) is 9.59 Å². The van der Waals surface area contributed by atoms with Crippen molar-refractivity contribution in [1.29, 1.82) is 0 Å². The molecule has 0 spiro atoms. The maximum Gasteiger partial charge on any atom is 0.243 e. The average Bonchev–Trinajstić information content (AvgIpc) is 2.66. The Labute approximate surface area is 153 Å². The molecule has 0 aliphatic carbocycles. The average molecular weight is 355 g/mol. The molecular formula is C20H25N3O3. The normalized spacial score (nSPS) is 11.5. The minimum absolute atomic E-state index is 0.0466. The van der Waals surface area contributed by atoms with E-state index in [1.54, 1.807) is 31.4 Å². The second-order valence-corrected chi connectivity index (χ2v) is 5.93. The number of amides is 2. The molecule has 0 saturated heterocycles. The molecule has 26 heavy (non-hydrogen) atoms. The SMILES string of the molecule is CCN(CC(=O)Nc1cccc(OC)c1)C(=O)[C@@H](N)Cc1ccccc1. The highest BCUT2D eigenvalue weighted by atomic mass is 16.5. The van der Waals surface area contributed by atoms with Crippen molar-refractivity contribution in [2.75, 3.05) is 25.5 Å². The summed E-state index contributed by atoms with van der Waals surface area (Å²) in [6.45, 7) is 2.19. The zero-order valence-electron chi connectivity index (χ0n) is 15.1. The monoisotopic (exact) mass is 355 g/mol. The van der Waals surface area contributed by atoms with Gasteiger partial charge in [0.15, 0.2) is 0 Å². The van der Waals surface area contributed by atoms with Gasteiger partial charge in [-0.1, -0.05) is 36.4 Å². The van der Waals surface area contributed by atoms with Crippen LogP contribution in [0.4, 0.5) is 5.69 Å². The highest BCUT2D eigenvalue weighted by Gasteiger charge is 2.22. The molecule has 1 atom stereocenters. The van der Waals surface area contributed by atoms with Gasteiger partial charge in [-0.15, -0.1) is 0 Å². The van der Waals surface area contributed by atoms with E-state index >= 15 is 0 Å². The van der Waals surface area contributed by atoms with Crippen LogP contribution in [0.1, 0.15) is 12.5 Å². The van der Waals surface area contributed by atoms with Crippen LogP contribution in [0.2, 0.25) is 0 Å². The summed E-state index contributed by atoms with van der Waals surface area (Å²) in [5.74, 6) is 0.133. The Kier molecular flexibility index (Phi) is 7.17. The van der Waals surface area contributed by atoms with E-state index in [0.717, 1.165) is 5.56 Å². The first kappa shape index (κ1) is 19.5. The lowest BCUT2D eigenvalue weighted by Gasteiger charge is -2.24. The lowest BCUT2D eigenvalue weighted by molar-refractivity contribution is -0.135. The summed E-state index contributed by atoms with van der Waals surface area (Å²) in [7, 11) is 1.56. The van der Waals surface area contributed by atoms with Crippen LogP contribution >= 0.6 is 0 Å². The Balaban J connectivity index is 1.94. The Hall–Kier alpha value is -2.86. The van der Waals surface area contributed by atoms with E-state index in [1.165, 1.54) is 4.90 Å². The number of hydrogen-bond donors (Lipinski definition) is 2. The zero-order valence-corrected chi connectivity index (χ0v) is 15.1. The number of rotatable bonds is 8. The largest absolute Gasteiger partial charge is 0.497 e. The molecule has 0 saturated carbocycles. The number of nitrogens with two attached hydrogens (primary N) is 1. The number of hydrogen-bond acceptors (Lipinski definition) is 4. The van der Waals surface area contributed by atoms with Gasteiger partial charge in [-0.05, 0) is 31.0 Å². The standard InChI is InChI=1S/C20H25N3O3/c1-3-23(20(25)18(21)12-15-8-5-4-6-9-15)14-19(24)22-16-10-7-11-17(13-16)26-2/h4-11,13,18H,3,12,14,21H2,1-2H3,(H,22,24)/t18-/m0/s1. The number of carbonyl (C=O) groups excluding carboxylic acids is 2. The molecule has 138 valence electrons. The molecule has 6 nitrogen and oxygen atoms in total. The number of ether oxygens (including phenoxy) is 1. The molecule has 3 N–H and O–H groups in total. The van der Waals surface area contributed by atoms with Crippen molar-refractivity contribution in [2.45, 2.75) is 19.4 Å². The molecule has 2 aromatic carbocycles. The second kappa shape index (κ2) is 9.58. The quantitative estimate of drug-likeness (QED) is 0.759. The summed E-state index contributed by atoms with van der Waals surface area (Å²) in [4.78, 5) is 26.3. The molecule has 0 unspecified atom stereocenters. The van der Waals surface area contributed by atoms with Gasteiger partial charge < -0.3 is 20.7 Å². The molecular weight excluding hydrogens is 330 g/mol. The van der Waals surface area contributed by atoms with Gasteiger partial charge in [0, 0.05) is 18.3 Å². The lowest BCUT2D eigenvalue weighted by Crippen LogP contribution is -2.47. The summed E-state index contributed by atoms with van der Waals surface area (Å²) in [5, 5.41) is 2.77.